The zero-order valence-corrected chi connectivity index (χ0v) is 10.5. The second-order valence-electron chi connectivity index (χ2n) is 4.78. The van der Waals surface area contributed by atoms with Crippen molar-refractivity contribution in [2.75, 3.05) is 6.54 Å². The number of aromatic nitrogens is 1. The van der Waals surface area contributed by atoms with Crippen LogP contribution in [0.25, 0.3) is 0 Å². The molecule has 20 heavy (non-hydrogen) atoms. The molecule has 1 aromatic heterocycles. The van der Waals surface area contributed by atoms with Crippen molar-refractivity contribution in [3.63, 3.8) is 0 Å². The number of nitrogens with zero attached hydrogens (tertiary/aromatic N) is 2. The van der Waals surface area contributed by atoms with E-state index in [1.807, 2.05) is 0 Å². The van der Waals surface area contributed by atoms with Gasteiger partial charge in [0, 0.05) is 6.20 Å². The highest BCUT2D eigenvalue weighted by Crippen LogP contribution is 2.25. The van der Waals surface area contributed by atoms with E-state index in [1.165, 1.54) is 6.20 Å². The Hall–Kier alpha value is -2.28. The van der Waals surface area contributed by atoms with Gasteiger partial charge in [0.2, 0.25) is 0 Å². The van der Waals surface area contributed by atoms with Gasteiger partial charge in [-0.05, 0) is 25.0 Å². The van der Waals surface area contributed by atoms with E-state index in [1.54, 1.807) is 12.1 Å². The summed E-state index contributed by atoms with van der Waals surface area (Å²) in [7, 11) is 0. The van der Waals surface area contributed by atoms with E-state index in [0.717, 1.165) is 4.90 Å². The van der Waals surface area contributed by atoms with Crippen LogP contribution in [0.4, 0.5) is 0 Å². The summed E-state index contributed by atoms with van der Waals surface area (Å²) in [5.41, 5.74) is 0.426. The van der Waals surface area contributed by atoms with Gasteiger partial charge in [-0.3, -0.25) is 19.5 Å². The van der Waals surface area contributed by atoms with Gasteiger partial charge in [-0.2, -0.15) is 0 Å². The molecule has 7 nitrogen and oxygen atoms in total. The SMILES string of the molecule is O=C(O)C1CCC(CN2C(=O)c3cccnc3C2=O)O1. The molecule has 0 aliphatic carbocycles. The minimum absolute atomic E-state index is 0.0673. The molecule has 104 valence electrons. The summed E-state index contributed by atoms with van der Waals surface area (Å²) in [5, 5.41) is 8.86. The first-order valence-electron chi connectivity index (χ1n) is 6.27. The first-order valence-corrected chi connectivity index (χ1v) is 6.27. The topological polar surface area (TPSA) is 96.8 Å². The van der Waals surface area contributed by atoms with Crippen LogP contribution < -0.4 is 0 Å². The molecule has 2 aliphatic rings. The Morgan fingerprint density at radius 2 is 2.20 bits per heavy atom. The van der Waals surface area contributed by atoms with Gasteiger partial charge >= 0.3 is 5.97 Å². The molecule has 1 aromatic rings. The number of carbonyl (C=O) groups excluding carboxylic acids is 2. The lowest BCUT2D eigenvalue weighted by Crippen LogP contribution is -2.37. The molecule has 2 amide bonds. The molecule has 2 aliphatic heterocycles. The monoisotopic (exact) mass is 276 g/mol. The predicted molar refractivity (Wildman–Crippen MR) is 65.1 cm³/mol. The number of rotatable bonds is 3. The van der Waals surface area contributed by atoms with E-state index in [9.17, 15) is 14.4 Å². The lowest BCUT2D eigenvalue weighted by atomic mass is 10.2. The number of ether oxygens (including phenoxy) is 1. The Morgan fingerprint density at radius 3 is 2.85 bits per heavy atom. The molecule has 1 N–H and O–H groups in total. The van der Waals surface area contributed by atoms with Gasteiger partial charge in [0.1, 0.15) is 5.69 Å². The number of pyridine rings is 1. The maximum atomic E-state index is 12.1. The molecule has 2 atom stereocenters. The van der Waals surface area contributed by atoms with Gasteiger partial charge in [-0.15, -0.1) is 0 Å². The number of fused-ring (bicyclic) bond motifs is 1. The van der Waals surface area contributed by atoms with Crippen LogP contribution in [0.5, 0.6) is 0 Å². The van der Waals surface area contributed by atoms with E-state index < -0.39 is 30.0 Å². The quantitative estimate of drug-likeness (QED) is 0.798. The zero-order valence-electron chi connectivity index (χ0n) is 10.5. The molecule has 0 radical (unpaired) electrons. The first kappa shape index (κ1) is 12.7. The average Bonchev–Trinajstić information content (AvgIpc) is 3.00. The number of carbonyl (C=O) groups is 3. The van der Waals surface area contributed by atoms with E-state index in [0.29, 0.717) is 12.8 Å². The van der Waals surface area contributed by atoms with Gasteiger partial charge in [0.05, 0.1) is 18.2 Å². The Labute approximate surface area is 114 Å². The second kappa shape index (κ2) is 4.68. The average molecular weight is 276 g/mol. The minimum Gasteiger partial charge on any atom is -0.479 e. The van der Waals surface area contributed by atoms with Gasteiger partial charge in [0.15, 0.2) is 6.10 Å². The minimum atomic E-state index is -1.02. The molecule has 3 rings (SSSR count). The number of hydrogen-bond donors (Lipinski definition) is 1. The predicted octanol–water partition coefficient (Wildman–Crippen LogP) is 0.310. The summed E-state index contributed by atoms with van der Waals surface area (Å²) in [5.74, 6) is -1.87. The number of aliphatic carboxylic acids is 1. The van der Waals surface area contributed by atoms with Crippen LogP contribution in [0.2, 0.25) is 0 Å². The third kappa shape index (κ3) is 1.96. The number of carboxylic acids is 1. The van der Waals surface area contributed by atoms with Crippen molar-refractivity contribution >= 4 is 17.8 Å². The standard InChI is InChI=1S/C13H12N2O5/c16-11-8-2-1-5-14-10(8)12(17)15(11)6-7-3-4-9(20-7)13(18)19/h1-2,5,7,9H,3-4,6H2,(H,18,19). The molecular formula is C13H12N2O5. The van der Waals surface area contributed by atoms with Gasteiger partial charge < -0.3 is 9.84 Å². The fourth-order valence-corrected chi connectivity index (χ4v) is 2.50. The Morgan fingerprint density at radius 1 is 1.40 bits per heavy atom. The Bertz CT molecular complexity index is 565. The van der Waals surface area contributed by atoms with Crippen LogP contribution in [-0.2, 0) is 9.53 Å². The maximum Gasteiger partial charge on any atom is 0.332 e. The highest BCUT2D eigenvalue weighted by Gasteiger charge is 2.40. The van der Waals surface area contributed by atoms with Crippen molar-refractivity contribution in [2.24, 2.45) is 0 Å². The van der Waals surface area contributed by atoms with Crippen LogP contribution in [0.1, 0.15) is 33.7 Å². The number of hydrogen-bond acceptors (Lipinski definition) is 5. The maximum absolute atomic E-state index is 12.1. The van der Waals surface area contributed by atoms with E-state index in [2.05, 4.69) is 4.98 Å². The van der Waals surface area contributed by atoms with Crippen LogP contribution >= 0.6 is 0 Å². The number of amides is 2. The third-order valence-corrected chi connectivity index (χ3v) is 3.50. The van der Waals surface area contributed by atoms with Crippen molar-refractivity contribution in [1.29, 1.82) is 0 Å². The summed E-state index contributed by atoms with van der Waals surface area (Å²) < 4.78 is 5.31. The van der Waals surface area contributed by atoms with E-state index in [-0.39, 0.29) is 17.8 Å². The smallest absolute Gasteiger partial charge is 0.332 e. The lowest BCUT2D eigenvalue weighted by Gasteiger charge is -2.18. The van der Waals surface area contributed by atoms with Gasteiger partial charge in [0.25, 0.3) is 11.8 Å². The van der Waals surface area contributed by atoms with E-state index in [4.69, 9.17) is 9.84 Å². The van der Waals surface area contributed by atoms with Crippen molar-refractivity contribution in [3.8, 4) is 0 Å². The fraction of sp³-hybridized carbons (Fsp3) is 0.385. The van der Waals surface area contributed by atoms with E-state index >= 15 is 0 Å². The fourth-order valence-electron chi connectivity index (χ4n) is 2.50. The largest absolute Gasteiger partial charge is 0.479 e. The molecule has 1 saturated heterocycles. The van der Waals surface area contributed by atoms with Crippen LogP contribution in [-0.4, -0.2) is 51.5 Å². The second-order valence-corrected chi connectivity index (χ2v) is 4.78. The summed E-state index contributed by atoms with van der Waals surface area (Å²) in [4.78, 5) is 40.0. The molecule has 1 fully saturated rings. The Balaban J connectivity index is 1.73. The molecular weight excluding hydrogens is 264 g/mol. The van der Waals surface area contributed by atoms with Gasteiger partial charge in [-0.1, -0.05) is 0 Å². The van der Waals surface area contributed by atoms with Crippen LogP contribution in [0.15, 0.2) is 18.3 Å². The molecule has 2 unspecified atom stereocenters. The van der Waals surface area contributed by atoms with Crippen LogP contribution in [0, 0.1) is 0 Å². The summed E-state index contributed by atoms with van der Waals surface area (Å²) >= 11 is 0. The summed E-state index contributed by atoms with van der Waals surface area (Å²) in [6.07, 6.45) is 1.07. The van der Waals surface area contributed by atoms with Gasteiger partial charge in [-0.25, -0.2) is 4.79 Å². The molecule has 0 bridgehead atoms. The highest BCUT2D eigenvalue weighted by atomic mass is 16.5. The first-order chi connectivity index (χ1) is 9.58. The van der Waals surface area contributed by atoms with Crippen molar-refractivity contribution < 1.29 is 24.2 Å². The summed E-state index contributed by atoms with van der Waals surface area (Å²) in [6.45, 7) is 0.0673. The molecule has 0 aromatic carbocycles. The number of imide groups is 1. The van der Waals surface area contributed by atoms with Crippen LogP contribution in [0.3, 0.4) is 0 Å². The van der Waals surface area contributed by atoms with Crippen molar-refractivity contribution in [2.45, 2.75) is 25.0 Å². The van der Waals surface area contributed by atoms with Crippen molar-refractivity contribution in [3.05, 3.63) is 29.6 Å². The van der Waals surface area contributed by atoms with Crippen molar-refractivity contribution in [1.82, 2.24) is 9.88 Å². The third-order valence-electron chi connectivity index (χ3n) is 3.50. The highest BCUT2D eigenvalue weighted by molar-refractivity contribution is 6.20. The molecule has 3 heterocycles. The molecule has 7 heteroatoms. The number of carboxylic acid groups (broad SMARTS) is 1. The Kier molecular flexibility index (Phi) is 2.98. The summed E-state index contributed by atoms with van der Waals surface area (Å²) in [6, 6.07) is 3.15. The molecule has 0 spiro atoms. The lowest BCUT2D eigenvalue weighted by molar-refractivity contribution is -0.149. The molecule has 0 saturated carbocycles. The zero-order chi connectivity index (χ0) is 14.3. The normalized spacial score (nSPS) is 25.1.